The van der Waals surface area contributed by atoms with Gasteiger partial charge in [0, 0.05) is 30.1 Å². The SMILES string of the molecule is CCCC(=O)C1CC(C)C(Nc2ccc(OC)cc2)SC1NC(=O)c1ccc(OCCN2CCCCC2)c(N)c1. The zero-order valence-corrected chi connectivity index (χ0v) is 24.8. The van der Waals surface area contributed by atoms with Gasteiger partial charge >= 0.3 is 0 Å². The van der Waals surface area contributed by atoms with Gasteiger partial charge in [0.1, 0.15) is 23.9 Å². The van der Waals surface area contributed by atoms with Gasteiger partial charge in [-0.05, 0) is 87.2 Å². The number of thioether (sulfide) groups is 1. The molecule has 4 unspecified atom stereocenters. The number of piperidine rings is 1. The first-order chi connectivity index (χ1) is 19.4. The first-order valence-electron chi connectivity index (χ1n) is 14.5. The van der Waals surface area contributed by atoms with Crippen LogP contribution < -0.4 is 25.8 Å². The second kappa shape index (κ2) is 14.6. The molecule has 4 atom stereocenters. The van der Waals surface area contributed by atoms with E-state index in [0.29, 0.717) is 36.4 Å². The highest BCUT2D eigenvalue weighted by atomic mass is 32.2. The van der Waals surface area contributed by atoms with Crippen molar-refractivity contribution in [1.82, 2.24) is 10.2 Å². The van der Waals surface area contributed by atoms with Crippen molar-refractivity contribution in [2.45, 2.75) is 63.1 Å². The number of nitrogen functional groups attached to an aromatic ring is 1. The van der Waals surface area contributed by atoms with Gasteiger partial charge in [-0.1, -0.05) is 20.3 Å². The molecule has 2 fully saturated rings. The minimum atomic E-state index is -0.347. The van der Waals surface area contributed by atoms with E-state index in [1.807, 2.05) is 31.2 Å². The molecular weight excluding hydrogens is 524 g/mol. The van der Waals surface area contributed by atoms with Gasteiger partial charge in [-0.15, -0.1) is 11.8 Å². The Kier molecular flexibility index (Phi) is 11.0. The summed E-state index contributed by atoms with van der Waals surface area (Å²) in [7, 11) is 1.65. The Labute approximate surface area is 242 Å². The number of hydrogen-bond acceptors (Lipinski definition) is 8. The molecule has 2 aliphatic heterocycles. The lowest BCUT2D eigenvalue weighted by Crippen LogP contribution is -2.48. The molecule has 0 aromatic heterocycles. The number of carbonyl (C=O) groups excluding carboxylic acids is 2. The molecule has 0 radical (unpaired) electrons. The van der Waals surface area contributed by atoms with Crippen molar-refractivity contribution in [2.24, 2.45) is 11.8 Å². The maximum atomic E-state index is 13.4. The normalized spacial score (nSPS) is 23.3. The molecule has 218 valence electrons. The maximum absolute atomic E-state index is 13.4. The van der Waals surface area contributed by atoms with Crippen molar-refractivity contribution >= 4 is 34.8 Å². The molecule has 2 aromatic carbocycles. The predicted octanol–water partition coefficient (Wildman–Crippen LogP) is 5.39. The van der Waals surface area contributed by atoms with Crippen molar-refractivity contribution in [3.63, 3.8) is 0 Å². The average Bonchev–Trinajstić information content (AvgIpc) is 2.96. The summed E-state index contributed by atoms with van der Waals surface area (Å²) in [5.74, 6) is 1.34. The van der Waals surface area contributed by atoms with Crippen molar-refractivity contribution in [2.75, 3.05) is 44.4 Å². The fourth-order valence-corrected chi connectivity index (χ4v) is 6.96. The first-order valence-corrected chi connectivity index (χ1v) is 15.5. The Hall–Kier alpha value is -2.91. The molecule has 2 aliphatic rings. The van der Waals surface area contributed by atoms with Crippen molar-refractivity contribution in [3.05, 3.63) is 48.0 Å². The Morgan fingerprint density at radius 2 is 1.82 bits per heavy atom. The van der Waals surface area contributed by atoms with Gasteiger partial charge in [-0.2, -0.15) is 0 Å². The minimum Gasteiger partial charge on any atom is -0.497 e. The van der Waals surface area contributed by atoms with Crippen LogP contribution in [0.2, 0.25) is 0 Å². The number of carbonyl (C=O) groups is 2. The van der Waals surface area contributed by atoms with Gasteiger partial charge in [0.25, 0.3) is 5.91 Å². The van der Waals surface area contributed by atoms with Gasteiger partial charge in [0.2, 0.25) is 0 Å². The van der Waals surface area contributed by atoms with Crippen molar-refractivity contribution in [3.8, 4) is 11.5 Å². The van der Waals surface area contributed by atoms with Crippen LogP contribution in [0.4, 0.5) is 11.4 Å². The zero-order chi connectivity index (χ0) is 28.5. The number of amides is 1. The lowest BCUT2D eigenvalue weighted by molar-refractivity contribution is -0.123. The van der Waals surface area contributed by atoms with E-state index in [2.05, 4.69) is 22.5 Å². The van der Waals surface area contributed by atoms with Crippen LogP contribution in [0.3, 0.4) is 0 Å². The van der Waals surface area contributed by atoms with E-state index in [-0.39, 0.29) is 34.3 Å². The zero-order valence-electron chi connectivity index (χ0n) is 24.0. The third-order valence-electron chi connectivity index (χ3n) is 7.77. The Morgan fingerprint density at radius 1 is 1.07 bits per heavy atom. The van der Waals surface area contributed by atoms with Gasteiger partial charge in [0.15, 0.2) is 0 Å². The molecule has 0 aliphatic carbocycles. The van der Waals surface area contributed by atoms with Gasteiger partial charge in [0.05, 0.1) is 23.5 Å². The monoisotopic (exact) mass is 568 g/mol. The standard InChI is InChI=1S/C31H44N4O4S/c1-4-8-27(36)25-19-21(2)30(33-23-10-12-24(38-3)13-11-23)40-31(25)34-29(37)22-9-14-28(26(32)20-22)39-18-17-35-15-6-5-7-16-35/h9-14,20-21,25,30-31,33H,4-8,15-19,32H2,1-3H3,(H,34,37). The Bertz CT molecular complexity index is 1120. The number of methoxy groups -OCH3 is 1. The van der Waals surface area contributed by atoms with E-state index < -0.39 is 0 Å². The number of anilines is 2. The van der Waals surface area contributed by atoms with Crippen LogP contribution in [0.5, 0.6) is 11.5 Å². The Morgan fingerprint density at radius 3 is 2.50 bits per heavy atom. The molecular formula is C31H44N4O4S. The summed E-state index contributed by atoms with van der Waals surface area (Å²) in [6.07, 6.45) is 5.80. The number of hydrogen-bond donors (Lipinski definition) is 3. The fraction of sp³-hybridized carbons (Fsp3) is 0.548. The highest BCUT2D eigenvalue weighted by molar-refractivity contribution is 8.00. The van der Waals surface area contributed by atoms with Crippen LogP contribution >= 0.6 is 11.8 Å². The van der Waals surface area contributed by atoms with Gasteiger partial charge in [-0.25, -0.2) is 0 Å². The van der Waals surface area contributed by atoms with E-state index in [1.165, 1.54) is 19.3 Å². The molecule has 8 nitrogen and oxygen atoms in total. The van der Waals surface area contributed by atoms with E-state index in [4.69, 9.17) is 15.2 Å². The third-order valence-corrected chi connectivity index (χ3v) is 9.38. The molecule has 4 rings (SSSR count). The Balaban J connectivity index is 1.40. The maximum Gasteiger partial charge on any atom is 0.252 e. The first kappa shape index (κ1) is 30.1. The van der Waals surface area contributed by atoms with Crippen LogP contribution in [0.15, 0.2) is 42.5 Å². The second-order valence-electron chi connectivity index (χ2n) is 10.9. The summed E-state index contributed by atoms with van der Waals surface area (Å²) in [5, 5.41) is 6.42. The molecule has 9 heteroatoms. The van der Waals surface area contributed by atoms with Crippen LogP contribution in [-0.4, -0.2) is 60.7 Å². The molecule has 2 heterocycles. The summed E-state index contributed by atoms with van der Waals surface area (Å²) in [6.45, 7) is 7.84. The lowest BCUT2D eigenvalue weighted by Gasteiger charge is -2.40. The van der Waals surface area contributed by atoms with Crippen LogP contribution in [0.25, 0.3) is 0 Å². The number of benzene rings is 2. The van der Waals surface area contributed by atoms with Crippen LogP contribution in [0.1, 0.15) is 62.7 Å². The van der Waals surface area contributed by atoms with E-state index in [9.17, 15) is 9.59 Å². The van der Waals surface area contributed by atoms with Crippen LogP contribution in [-0.2, 0) is 4.79 Å². The van der Waals surface area contributed by atoms with Crippen molar-refractivity contribution in [1.29, 1.82) is 0 Å². The summed E-state index contributed by atoms with van der Waals surface area (Å²) in [4.78, 5) is 28.9. The number of ketones is 1. The topological polar surface area (TPSA) is 106 Å². The molecule has 0 bridgehead atoms. The van der Waals surface area contributed by atoms with Gasteiger partial charge < -0.3 is 25.8 Å². The molecule has 2 aromatic rings. The summed E-state index contributed by atoms with van der Waals surface area (Å²) < 4.78 is 11.2. The quantitative estimate of drug-likeness (QED) is 0.293. The van der Waals surface area contributed by atoms with E-state index in [0.717, 1.165) is 37.5 Å². The highest BCUT2D eigenvalue weighted by Gasteiger charge is 2.40. The minimum absolute atomic E-state index is 0.0325. The summed E-state index contributed by atoms with van der Waals surface area (Å²) in [5.41, 5.74) is 8.14. The number of nitrogens with two attached hydrogens (primary N) is 1. The van der Waals surface area contributed by atoms with Crippen molar-refractivity contribution < 1.29 is 19.1 Å². The fourth-order valence-electron chi connectivity index (χ4n) is 5.43. The molecule has 2 saturated heterocycles. The largest absolute Gasteiger partial charge is 0.497 e. The highest BCUT2D eigenvalue weighted by Crippen LogP contribution is 2.40. The number of Topliss-reactive ketones (excluding diaryl/α,β-unsaturated/α-hetero) is 1. The van der Waals surface area contributed by atoms with Gasteiger partial charge in [-0.3, -0.25) is 14.5 Å². The number of rotatable bonds is 12. The molecule has 0 saturated carbocycles. The predicted molar refractivity (Wildman–Crippen MR) is 163 cm³/mol. The van der Waals surface area contributed by atoms with E-state index >= 15 is 0 Å². The molecule has 0 spiro atoms. The van der Waals surface area contributed by atoms with E-state index in [1.54, 1.807) is 37.1 Å². The second-order valence-corrected chi connectivity index (χ2v) is 12.2. The lowest BCUT2D eigenvalue weighted by atomic mass is 9.89. The number of nitrogens with zero attached hydrogens (tertiary/aromatic N) is 1. The molecule has 4 N–H and O–H groups in total. The average molecular weight is 569 g/mol. The summed E-state index contributed by atoms with van der Waals surface area (Å²) in [6, 6.07) is 13.0. The number of likely N-dealkylation sites (tertiary alicyclic amines) is 1. The number of ether oxygens (including phenoxy) is 2. The molecule has 1 amide bonds. The summed E-state index contributed by atoms with van der Waals surface area (Å²) >= 11 is 1.61. The number of nitrogens with one attached hydrogen (secondary N) is 2. The molecule has 40 heavy (non-hydrogen) atoms. The third kappa shape index (κ3) is 8.07. The van der Waals surface area contributed by atoms with Crippen LogP contribution in [0, 0.1) is 11.8 Å². The smallest absolute Gasteiger partial charge is 0.252 e.